The molecule has 0 atom stereocenters. The van der Waals surface area contributed by atoms with Gasteiger partial charge in [0.15, 0.2) is 0 Å². The highest BCUT2D eigenvalue weighted by Crippen LogP contribution is 2.18. The lowest BCUT2D eigenvalue weighted by atomic mass is 10.0. The van der Waals surface area contributed by atoms with Crippen LogP contribution in [0.15, 0.2) is 41.8 Å². The Kier molecular flexibility index (Phi) is 5.43. The number of hydrogen-bond acceptors (Lipinski definition) is 4. The van der Waals surface area contributed by atoms with Gasteiger partial charge in [0.25, 0.3) is 5.91 Å². The predicted octanol–water partition coefficient (Wildman–Crippen LogP) is 1.84. The number of ketones is 1. The standard InChI is InChI=1S/C16H16N2O3S/c1-2-17-14(19)10-18-16(21)12-7-4-3-6-11(12)15(20)13-8-5-9-22-13/h3-9H,2,10H2,1H3,(H,17,19)(H,18,21). The van der Waals surface area contributed by atoms with E-state index in [1.54, 1.807) is 43.3 Å². The van der Waals surface area contributed by atoms with Crippen LogP contribution in [0.1, 0.15) is 32.5 Å². The Bertz CT molecular complexity index is 680. The monoisotopic (exact) mass is 316 g/mol. The molecule has 1 aromatic carbocycles. The highest BCUT2D eigenvalue weighted by atomic mass is 32.1. The van der Waals surface area contributed by atoms with Crippen molar-refractivity contribution in [2.24, 2.45) is 0 Å². The first-order valence-electron chi connectivity index (χ1n) is 6.85. The van der Waals surface area contributed by atoms with Crippen molar-refractivity contribution in [2.75, 3.05) is 13.1 Å². The molecule has 5 nitrogen and oxygen atoms in total. The lowest BCUT2D eigenvalue weighted by Gasteiger charge is -2.09. The summed E-state index contributed by atoms with van der Waals surface area (Å²) in [6.45, 7) is 2.19. The van der Waals surface area contributed by atoms with Crippen LogP contribution in [0.2, 0.25) is 0 Å². The molecule has 0 unspecified atom stereocenters. The molecule has 0 aliphatic carbocycles. The molecule has 0 radical (unpaired) electrons. The van der Waals surface area contributed by atoms with E-state index in [1.165, 1.54) is 11.3 Å². The minimum atomic E-state index is -0.438. The van der Waals surface area contributed by atoms with Gasteiger partial charge < -0.3 is 10.6 Å². The highest BCUT2D eigenvalue weighted by molar-refractivity contribution is 7.12. The molecule has 0 saturated heterocycles. The van der Waals surface area contributed by atoms with Gasteiger partial charge in [0.05, 0.1) is 17.0 Å². The van der Waals surface area contributed by atoms with Gasteiger partial charge in [0.1, 0.15) is 0 Å². The molecule has 0 aliphatic rings. The highest BCUT2D eigenvalue weighted by Gasteiger charge is 2.18. The number of benzene rings is 1. The second-order valence-corrected chi connectivity index (χ2v) is 5.44. The van der Waals surface area contributed by atoms with Crippen LogP contribution in [0.5, 0.6) is 0 Å². The lowest BCUT2D eigenvalue weighted by Crippen LogP contribution is -2.37. The fourth-order valence-electron chi connectivity index (χ4n) is 1.94. The van der Waals surface area contributed by atoms with Crippen molar-refractivity contribution in [2.45, 2.75) is 6.92 Å². The van der Waals surface area contributed by atoms with Crippen molar-refractivity contribution >= 4 is 28.9 Å². The van der Waals surface area contributed by atoms with E-state index in [0.29, 0.717) is 17.0 Å². The molecule has 1 heterocycles. The molecular formula is C16H16N2O3S. The van der Waals surface area contributed by atoms with E-state index in [0.717, 1.165) is 0 Å². The van der Waals surface area contributed by atoms with Crippen LogP contribution >= 0.6 is 11.3 Å². The van der Waals surface area contributed by atoms with Gasteiger partial charge in [-0.1, -0.05) is 24.3 Å². The van der Waals surface area contributed by atoms with Crippen molar-refractivity contribution in [3.63, 3.8) is 0 Å². The Hall–Kier alpha value is -2.47. The van der Waals surface area contributed by atoms with Gasteiger partial charge in [-0.25, -0.2) is 0 Å². The van der Waals surface area contributed by atoms with E-state index in [-0.39, 0.29) is 23.8 Å². The van der Waals surface area contributed by atoms with Gasteiger partial charge in [0, 0.05) is 12.1 Å². The summed E-state index contributed by atoms with van der Waals surface area (Å²) in [5.74, 6) is -0.900. The van der Waals surface area contributed by atoms with Crippen molar-refractivity contribution < 1.29 is 14.4 Å². The molecule has 2 aromatic rings. The molecule has 6 heteroatoms. The number of nitrogens with one attached hydrogen (secondary N) is 2. The van der Waals surface area contributed by atoms with Crippen molar-refractivity contribution in [1.82, 2.24) is 10.6 Å². The van der Waals surface area contributed by atoms with E-state index in [1.807, 2.05) is 5.38 Å². The molecule has 2 N–H and O–H groups in total. The van der Waals surface area contributed by atoms with Crippen LogP contribution in [0, 0.1) is 0 Å². The SMILES string of the molecule is CCNC(=O)CNC(=O)c1ccccc1C(=O)c1cccs1. The van der Waals surface area contributed by atoms with Crippen LogP contribution in [0.3, 0.4) is 0 Å². The Morgan fingerprint density at radius 3 is 2.36 bits per heavy atom. The first kappa shape index (κ1) is 15.9. The zero-order valence-electron chi connectivity index (χ0n) is 12.1. The number of rotatable bonds is 6. The quantitative estimate of drug-likeness (QED) is 0.799. The van der Waals surface area contributed by atoms with Gasteiger partial charge in [-0.05, 0) is 24.4 Å². The third kappa shape index (κ3) is 3.79. The van der Waals surface area contributed by atoms with E-state index >= 15 is 0 Å². The van der Waals surface area contributed by atoms with Gasteiger partial charge in [-0.2, -0.15) is 0 Å². The molecule has 2 amide bonds. The zero-order chi connectivity index (χ0) is 15.9. The average Bonchev–Trinajstić information content (AvgIpc) is 3.06. The Morgan fingerprint density at radius 2 is 1.73 bits per heavy atom. The average molecular weight is 316 g/mol. The normalized spacial score (nSPS) is 10.0. The third-order valence-corrected chi connectivity index (χ3v) is 3.81. The molecule has 1 aromatic heterocycles. The second kappa shape index (κ2) is 7.51. The topological polar surface area (TPSA) is 75.3 Å². The number of carbonyl (C=O) groups excluding carboxylic acids is 3. The van der Waals surface area contributed by atoms with E-state index in [2.05, 4.69) is 10.6 Å². The number of hydrogen-bond donors (Lipinski definition) is 2. The van der Waals surface area contributed by atoms with Gasteiger partial charge in [0.2, 0.25) is 11.7 Å². The second-order valence-electron chi connectivity index (χ2n) is 4.49. The first-order valence-corrected chi connectivity index (χ1v) is 7.73. The Morgan fingerprint density at radius 1 is 1.00 bits per heavy atom. The maximum absolute atomic E-state index is 12.4. The van der Waals surface area contributed by atoms with E-state index < -0.39 is 5.91 Å². The van der Waals surface area contributed by atoms with E-state index in [4.69, 9.17) is 0 Å². The minimum absolute atomic E-state index is 0.117. The fourth-order valence-corrected chi connectivity index (χ4v) is 2.61. The maximum atomic E-state index is 12.4. The van der Waals surface area contributed by atoms with Crippen LogP contribution in [-0.2, 0) is 4.79 Å². The van der Waals surface area contributed by atoms with Gasteiger partial charge in [-0.3, -0.25) is 14.4 Å². The number of thiophene rings is 1. The van der Waals surface area contributed by atoms with E-state index in [9.17, 15) is 14.4 Å². The smallest absolute Gasteiger partial charge is 0.252 e. The molecular weight excluding hydrogens is 300 g/mol. The summed E-state index contributed by atoms with van der Waals surface area (Å²) >= 11 is 1.33. The minimum Gasteiger partial charge on any atom is -0.355 e. The van der Waals surface area contributed by atoms with Crippen molar-refractivity contribution in [1.29, 1.82) is 0 Å². The van der Waals surface area contributed by atoms with Crippen LogP contribution in [0.4, 0.5) is 0 Å². The maximum Gasteiger partial charge on any atom is 0.252 e. The first-order chi connectivity index (χ1) is 10.6. The molecule has 2 rings (SSSR count). The molecule has 0 fully saturated rings. The summed E-state index contributed by atoms with van der Waals surface area (Å²) in [6, 6.07) is 10.1. The lowest BCUT2D eigenvalue weighted by molar-refractivity contribution is -0.120. The summed E-state index contributed by atoms with van der Waals surface area (Å²) in [5.41, 5.74) is 0.601. The summed E-state index contributed by atoms with van der Waals surface area (Å²) in [5, 5.41) is 6.93. The summed E-state index contributed by atoms with van der Waals surface area (Å²) in [4.78, 5) is 36.6. The largest absolute Gasteiger partial charge is 0.355 e. The van der Waals surface area contributed by atoms with Crippen LogP contribution < -0.4 is 10.6 Å². The molecule has 114 valence electrons. The Balaban J connectivity index is 2.16. The molecule has 0 aliphatic heterocycles. The summed E-state index contributed by atoms with van der Waals surface area (Å²) < 4.78 is 0. The number of carbonyl (C=O) groups is 3. The molecule has 0 bridgehead atoms. The Labute approximate surface area is 132 Å². The van der Waals surface area contributed by atoms with Crippen LogP contribution in [0.25, 0.3) is 0 Å². The fraction of sp³-hybridized carbons (Fsp3) is 0.188. The number of likely N-dealkylation sites (N-methyl/N-ethyl adjacent to an activating group) is 1. The molecule has 0 spiro atoms. The van der Waals surface area contributed by atoms with Crippen molar-refractivity contribution in [3.05, 3.63) is 57.8 Å². The summed E-state index contributed by atoms with van der Waals surface area (Å²) in [6.07, 6.45) is 0. The molecule has 0 saturated carbocycles. The zero-order valence-corrected chi connectivity index (χ0v) is 12.9. The predicted molar refractivity (Wildman–Crippen MR) is 85.2 cm³/mol. The van der Waals surface area contributed by atoms with Gasteiger partial charge >= 0.3 is 0 Å². The third-order valence-electron chi connectivity index (χ3n) is 2.94. The molecule has 22 heavy (non-hydrogen) atoms. The van der Waals surface area contributed by atoms with Crippen molar-refractivity contribution in [3.8, 4) is 0 Å². The number of amides is 2. The van der Waals surface area contributed by atoms with Crippen LogP contribution in [-0.4, -0.2) is 30.7 Å². The van der Waals surface area contributed by atoms with Gasteiger partial charge in [-0.15, -0.1) is 11.3 Å². The summed E-state index contributed by atoms with van der Waals surface area (Å²) in [7, 11) is 0.